The summed E-state index contributed by atoms with van der Waals surface area (Å²) < 4.78 is 0. The van der Waals surface area contributed by atoms with Crippen LogP contribution in [-0.4, -0.2) is 28.9 Å². The Hall–Kier alpha value is -1.49. The molecule has 0 heterocycles. The number of carbonyl (C=O) groups is 2. The molecular weight excluding hydrogens is 380 g/mol. The zero-order valence-electron chi connectivity index (χ0n) is 17.9. The lowest BCUT2D eigenvalue weighted by molar-refractivity contribution is -0.125. The van der Waals surface area contributed by atoms with Crippen LogP contribution in [0, 0.1) is 30.1 Å². The lowest BCUT2D eigenvalue weighted by Crippen LogP contribution is -2.56. The van der Waals surface area contributed by atoms with Crippen LogP contribution in [0.4, 0.5) is 5.69 Å². The first-order chi connectivity index (χ1) is 13.8. The minimum Gasteiger partial charge on any atom is -0.352 e. The van der Waals surface area contributed by atoms with Crippen LogP contribution in [0.2, 0.25) is 0 Å². The molecule has 5 heteroatoms. The average Bonchev–Trinajstić information content (AvgIpc) is 2.66. The van der Waals surface area contributed by atoms with Gasteiger partial charge in [0.15, 0.2) is 0 Å². The van der Waals surface area contributed by atoms with Gasteiger partial charge in [0.2, 0.25) is 11.8 Å². The average molecular weight is 415 g/mol. The summed E-state index contributed by atoms with van der Waals surface area (Å²) in [4.78, 5) is 25.0. The normalized spacial score (nSPS) is 31.9. The zero-order valence-corrected chi connectivity index (χ0v) is 18.7. The third kappa shape index (κ3) is 4.65. The third-order valence-electron chi connectivity index (χ3n) is 7.53. The number of hydrogen-bond donors (Lipinski definition) is 2. The van der Waals surface area contributed by atoms with Gasteiger partial charge in [0.05, 0.1) is 11.0 Å². The molecule has 158 valence electrons. The van der Waals surface area contributed by atoms with Gasteiger partial charge in [-0.05, 0) is 94.6 Å². The van der Waals surface area contributed by atoms with Crippen molar-refractivity contribution >= 4 is 29.3 Å². The first-order valence-corrected chi connectivity index (χ1v) is 12.2. The standard InChI is InChI=1S/C24H34N2O2S/c1-15-4-6-21(7-5-15)26-22(27)14-29-16(2)23(28)25-17(3)24-11-18-8-19(12-24)10-20(9-18)13-24/h4-7,16-20H,8-14H2,1-3H3,(H,25,28)(H,26,27)/t16-,17+,18?,19?,20?,24?/m1/s1. The van der Waals surface area contributed by atoms with Crippen molar-refractivity contribution in [3.05, 3.63) is 29.8 Å². The van der Waals surface area contributed by atoms with E-state index in [0.717, 1.165) is 29.0 Å². The van der Waals surface area contributed by atoms with Crippen LogP contribution in [0.1, 0.15) is 57.9 Å². The molecule has 5 rings (SSSR count). The Balaban J connectivity index is 1.25. The summed E-state index contributed by atoms with van der Waals surface area (Å²) in [5, 5.41) is 6.00. The van der Waals surface area contributed by atoms with Crippen molar-refractivity contribution in [1.29, 1.82) is 0 Å². The number of rotatable bonds is 7. The molecule has 2 atom stereocenters. The van der Waals surface area contributed by atoms with Crippen molar-refractivity contribution < 1.29 is 9.59 Å². The van der Waals surface area contributed by atoms with Gasteiger partial charge in [-0.25, -0.2) is 0 Å². The number of amides is 2. The van der Waals surface area contributed by atoms with Crippen LogP contribution in [0.5, 0.6) is 0 Å². The van der Waals surface area contributed by atoms with Crippen molar-refractivity contribution in [2.24, 2.45) is 23.2 Å². The largest absolute Gasteiger partial charge is 0.352 e. The summed E-state index contributed by atoms with van der Waals surface area (Å²) in [5.74, 6) is 2.96. The number of carbonyl (C=O) groups excluding carboxylic acids is 2. The van der Waals surface area contributed by atoms with Crippen LogP contribution in [0.15, 0.2) is 24.3 Å². The van der Waals surface area contributed by atoms with Crippen molar-refractivity contribution in [3.63, 3.8) is 0 Å². The minimum atomic E-state index is -0.227. The quantitative estimate of drug-likeness (QED) is 0.675. The summed E-state index contributed by atoms with van der Waals surface area (Å²) in [7, 11) is 0. The fourth-order valence-electron chi connectivity index (χ4n) is 6.30. The molecule has 0 unspecified atom stereocenters. The van der Waals surface area contributed by atoms with Crippen molar-refractivity contribution in [2.45, 2.75) is 70.6 Å². The monoisotopic (exact) mass is 414 g/mol. The van der Waals surface area contributed by atoms with Crippen molar-refractivity contribution in [1.82, 2.24) is 5.32 Å². The first kappa shape index (κ1) is 20.8. The number of aryl methyl sites for hydroxylation is 1. The molecule has 4 fully saturated rings. The van der Waals surface area contributed by atoms with E-state index >= 15 is 0 Å². The molecule has 4 bridgehead atoms. The van der Waals surface area contributed by atoms with E-state index in [0.29, 0.717) is 5.41 Å². The highest BCUT2D eigenvalue weighted by molar-refractivity contribution is 8.01. The van der Waals surface area contributed by atoms with E-state index in [-0.39, 0.29) is 28.9 Å². The minimum absolute atomic E-state index is 0.0624. The molecule has 0 saturated heterocycles. The molecule has 4 aliphatic rings. The predicted molar refractivity (Wildman–Crippen MR) is 120 cm³/mol. The molecule has 0 aromatic heterocycles. The Labute approximate surface area is 179 Å². The maximum Gasteiger partial charge on any atom is 0.234 e. The maximum atomic E-state index is 12.8. The van der Waals surface area contributed by atoms with Gasteiger partial charge in [0.1, 0.15) is 0 Å². The second-order valence-electron chi connectivity index (χ2n) is 9.88. The smallest absolute Gasteiger partial charge is 0.234 e. The molecule has 4 saturated carbocycles. The van der Waals surface area contributed by atoms with Crippen LogP contribution < -0.4 is 10.6 Å². The van der Waals surface area contributed by atoms with Gasteiger partial charge < -0.3 is 10.6 Å². The molecule has 1 aromatic rings. The van der Waals surface area contributed by atoms with Gasteiger partial charge >= 0.3 is 0 Å². The molecule has 1 aromatic carbocycles. The number of anilines is 1. The molecule has 4 nitrogen and oxygen atoms in total. The number of benzene rings is 1. The summed E-state index contributed by atoms with van der Waals surface area (Å²) in [6.07, 6.45) is 8.13. The predicted octanol–water partition coefficient (Wildman–Crippen LogP) is 4.78. The van der Waals surface area contributed by atoms with Gasteiger partial charge in [-0.3, -0.25) is 9.59 Å². The van der Waals surface area contributed by atoms with Gasteiger partial charge in [-0.2, -0.15) is 0 Å². The van der Waals surface area contributed by atoms with E-state index in [1.165, 1.54) is 50.3 Å². The lowest BCUT2D eigenvalue weighted by atomic mass is 9.48. The zero-order chi connectivity index (χ0) is 20.6. The number of thioether (sulfide) groups is 1. The Morgan fingerprint density at radius 2 is 1.59 bits per heavy atom. The summed E-state index contributed by atoms with van der Waals surface area (Å²) in [6, 6.07) is 7.99. The molecular formula is C24H34N2O2S. The van der Waals surface area contributed by atoms with Crippen molar-refractivity contribution in [3.8, 4) is 0 Å². The molecule has 4 aliphatic carbocycles. The lowest BCUT2D eigenvalue weighted by Gasteiger charge is -2.59. The summed E-state index contributed by atoms with van der Waals surface area (Å²) >= 11 is 1.41. The van der Waals surface area contributed by atoms with E-state index < -0.39 is 0 Å². The van der Waals surface area contributed by atoms with E-state index in [9.17, 15) is 9.59 Å². The number of hydrogen-bond acceptors (Lipinski definition) is 3. The molecule has 0 aliphatic heterocycles. The Bertz CT molecular complexity index is 725. The first-order valence-electron chi connectivity index (χ1n) is 11.1. The summed E-state index contributed by atoms with van der Waals surface area (Å²) in [5.41, 5.74) is 2.28. The maximum absolute atomic E-state index is 12.8. The highest BCUT2D eigenvalue weighted by atomic mass is 32.2. The van der Waals surface area contributed by atoms with E-state index in [1.807, 2.05) is 38.1 Å². The molecule has 0 radical (unpaired) electrons. The van der Waals surface area contributed by atoms with Gasteiger partial charge in [-0.15, -0.1) is 11.8 Å². The second kappa shape index (κ2) is 8.33. The van der Waals surface area contributed by atoms with Crippen LogP contribution in [-0.2, 0) is 9.59 Å². The second-order valence-corrected chi connectivity index (χ2v) is 11.2. The topological polar surface area (TPSA) is 58.2 Å². The highest BCUT2D eigenvalue weighted by Gasteiger charge is 2.53. The van der Waals surface area contributed by atoms with E-state index in [2.05, 4.69) is 17.6 Å². The van der Waals surface area contributed by atoms with Crippen LogP contribution in [0.3, 0.4) is 0 Å². The van der Waals surface area contributed by atoms with E-state index in [1.54, 1.807) is 0 Å². The fraction of sp³-hybridized carbons (Fsp3) is 0.667. The Morgan fingerprint density at radius 3 is 2.14 bits per heavy atom. The summed E-state index contributed by atoms with van der Waals surface area (Å²) in [6.45, 7) is 6.14. The molecule has 0 spiro atoms. The van der Waals surface area contributed by atoms with Gasteiger partial charge in [-0.1, -0.05) is 17.7 Å². The van der Waals surface area contributed by atoms with Gasteiger partial charge in [0, 0.05) is 11.7 Å². The van der Waals surface area contributed by atoms with Crippen LogP contribution >= 0.6 is 11.8 Å². The van der Waals surface area contributed by atoms with E-state index in [4.69, 9.17) is 0 Å². The SMILES string of the molecule is Cc1ccc(NC(=O)CS[C@H](C)C(=O)N[C@@H](C)C23CC4CC(CC(C4)C2)C3)cc1. The Morgan fingerprint density at radius 1 is 1.03 bits per heavy atom. The molecule has 2 N–H and O–H groups in total. The number of nitrogens with one attached hydrogen (secondary N) is 2. The van der Waals surface area contributed by atoms with Gasteiger partial charge in [0.25, 0.3) is 0 Å². The molecule has 29 heavy (non-hydrogen) atoms. The molecule has 2 amide bonds. The van der Waals surface area contributed by atoms with Crippen LogP contribution in [0.25, 0.3) is 0 Å². The fourth-order valence-corrected chi connectivity index (χ4v) is 7.00. The van der Waals surface area contributed by atoms with Crippen molar-refractivity contribution in [2.75, 3.05) is 11.1 Å². The highest BCUT2D eigenvalue weighted by Crippen LogP contribution is 2.61. The third-order valence-corrected chi connectivity index (χ3v) is 8.67. The Kier molecular flexibility index (Phi) is 5.97.